The predicted octanol–water partition coefficient (Wildman–Crippen LogP) is 2.33. The number of methoxy groups -OCH3 is 1. The van der Waals surface area contributed by atoms with Crippen molar-refractivity contribution in [3.63, 3.8) is 0 Å². The van der Waals surface area contributed by atoms with Crippen LogP contribution in [-0.2, 0) is 13.6 Å². The quantitative estimate of drug-likeness (QED) is 0.580. The lowest BCUT2D eigenvalue weighted by Crippen LogP contribution is -2.31. The van der Waals surface area contributed by atoms with Gasteiger partial charge < -0.3 is 14.6 Å². The van der Waals surface area contributed by atoms with Crippen molar-refractivity contribution in [3.05, 3.63) is 70.8 Å². The van der Waals surface area contributed by atoms with Crippen molar-refractivity contribution in [1.29, 1.82) is 0 Å². The first-order valence-corrected chi connectivity index (χ1v) is 8.96. The Labute approximate surface area is 161 Å². The zero-order valence-electron chi connectivity index (χ0n) is 15.7. The van der Waals surface area contributed by atoms with Gasteiger partial charge in [0.25, 0.3) is 11.5 Å². The lowest BCUT2D eigenvalue weighted by Gasteiger charge is -2.10. The summed E-state index contributed by atoms with van der Waals surface area (Å²) in [7, 11) is 3.20. The summed E-state index contributed by atoms with van der Waals surface area (Å²) < 4.78 is 8.64. The highest BCUT2D eigenvalue weighted by molar-refractivity contribution is 6.04. The fourth-order valence-electron chi connectivity index (χ4n) is 3.41. The van der Waals surface area contributed by atoms with E-state index in [4.69, 9.17) is 4.74 Å². The fraction of sp³-hybridized carbons (Fsp3) is 0.190. The minimum Gasteiger partial charge on any atom is -0.496 e. The number of fused-ring (bicyclic) bond motifs is 2. The summed E-state index contributed by atoms with van der Waals surface area (Å²) in [5.74, 6) is 0.516. The van der Waals surface area contributed by atoms with Crippen molar-refractivity contribution < 1.29 is 9.53 Å². The van der Waals surface area contributed by atoms with Gasteiger partial charge in [-0.1, -0.05) is 24.3 Å². The standard InChI is InChI=1S/C21H20N4O3/c1-24-21(27)15-7-4-3-6-14(15)19(23-24)20(26)22-11-13-25-12-10-16-17(25)8-5-9-18(16)28-2/h3-10,12H,11,13H2,1-2H3,(H,22,26). The summed E-state index contributed by atoms with van der Waals surface area (Å²) in [5, 5.41) is 9.12. The molecule has 0 atom stereocenters. The van der Waals surface area contributed by atoms with Gasteiger partial charge >= 0.3 is 0 Å². The Morgan fingerprint density at radius 3 is 2.64 bits per heavy atom. The van der Waals surface area contributed by atoms with Gasteiger partial charge in [-0.05, 0) is 24.3 Å². The first-order valence-electron chi connectivity index (χ1n) is 8.96. The van der Waals surface area contributed by atoms with Crippen molar-refractivity contribution in [3.8, 4) is 5.75 Å². The SMILES string of the molecule is COc1cccc2c1ccn2CCNC(=O)c1nn(C)c(=O)c2ccccc12. The number of amides is 1. The number of rotatable bonds is 5. The van der Waals surface area contributed by atoms with Crippen LogP contribution in [0.1, 0.15) is 10.5 Å². The van der Waals surface area contributed by atoms with Gasteiger partial charge in [0, 0.05) is 37.1 Å². The molecule has 7 heteroatoms. The second-order valence-corrected chi connectivity index (χ2v) is 6.48. The van der Waals surface area contributed by atoms with Gasteiger partial charge in [-0.15, -0.1) is 0 Å². The van der Waals surface area contributed by atoms with E-state index < -0.39 is 0 Å². The minimum atomic E-state index is -0.305. The lowest BCUT2D eigenvalue weighted by molar-refractivity contribution is 0.0947. The summed E-state index contributed by atoms with van der Waals surface area (Å²) in [6.07, 6.45) is 1.97. The van der Waals surface area contributed by atoms with E-state index in [0.29, 0.717) is 23.9 Å². The number of aryl methyl sites for hydroxylation is 1. The Morgan fingerprint density at radius 1 is 1.07 bits per heavy atom. The third kappa shape index (κ3) is 3.00. The van der Waals surface area contributed by atoms with E-state index in [1.54, 1.807) is 38.4 Å². The summed E-state index contributed by atoms with van der Waals surface area (Å²) in [4.78, 5) is 24.9. The molecule has 0 saturated heterocycles. The van der Waals surface area contributed by atoms with E-state index in [9.17, 15) is 9.59 Å². The number of ether oxygens (including phenoxy) is 1. The maximum atomic E-state index is 12.7. The molecule has 0 radical (unpaired) electrons. The third-order valence-corrected chi connectivity index (χ3v) is 4.80. The molecule has 142 valence electrons. The summed E-state index contributed by atoms with van der Waals surface area (Å²) in [6, 6.07) is 14.9. The van der Waals surface area contributed by atoms with Crippen LogP contribution in [0.15, 0.2) is 59.5 Å². The molecule has 0 bridgehead atoms. The Kier molecular flexibility index (Phi) is 4.57. The molecule has 0 fully saturated rings. The van der Waals surface area contributed by atoms with Crippen LogP contribution in [0.3, 0.4) is 0 Å². The van der Waals surface area contributed by atoms with Crippen molar-refractivity contribution in [2.75, 3.05) is 13.7 Å². The maximum absolute atomic E-state index is 12.7. The van der Waals surface area contributed by atoms with E-state index in [1.165, 1.54) is 4.68 Å². The van der Waals surface area contributed by atoms with Crippen LogP contribution < -0.4 is 15.6 Å². The molecule has 1 N–H and O–H groups in total. The van der Waals surface area contributed by atoms with Crippen molar-refractivity contribution >= 4 is 27.6 Å². The van der Waals surface area contributed by atoms with E-state index in [2.05, 4.69) is 15.0 Å². The minimum absolute atomic E-state index is 0.222. The molecule has 7 nitrogen and oxygen atoms in total. The molecule has 0 spiro atoms. The van der Waals surface area contributed by atoms with Gasteiger partial charge in [-0.3, -0.25) is 9.59 Å². The van der Waals surface area contributed by atoms with Crippen LogP contribution in [0, 0.1) is 0 Å². The molecule has 0 aliphatic carbocycles. The number of nitrogens with zero attached hydrogens (tertiary/aromatic N) is 3. The molecule has 0 saturated carbocycles. The average molecular weight is 376 g/mol. The van der Waals surface area contributed by atoms with Crippen molar-refractivity contribution in [1.82, 2.24) is 19.7 Å². The van der Waals surface area contributed by atoms with Crippen LogP contribution in [0.5, 0.6) is 5.75 Å². The van der Waals surface area contributed by atoms with E-state index in [0.717, 1.165) is 16.7 Å². The number of hydrogen-bond donors (Lipinski definition) is 1. The second kappa shape index (κ2) is 7.19. The van der Waals surface area contributed by atoms with Crippen LogP contribution >= 0.6 is 0 Å². The Morgan fingerprint density at radius 2 is 1.86 bits per heavy atom. The average Bonchev–Trinajstić information content (AvgIpc) is 3.14. The number of benzene rings is 2. The molecule has 2 aromatic heterocycles. The number of carbonyl (C=O) groups is 1. The number of aromatic nitrogens is 3. The fourth-order valence-corrected chi connectivity index (χ4v) is 3.41. The maximum Gasteiger partial charge on any atom is 0.274 e. The predicted molar refractivity (Wildman–Crippen MR) is 108 cm³/mol. The monoisotopic (exact) mass is 376 g/mol. The molecule has 4 rings (SSSR count). The summed E-state index contributed by atoms with van der Waals surface area (Å²) in [6.45, 7) is 1.03. The van der Waals surface area contributed by atoms with E-state index >= 15 is 0 Å². The topological polar surface area (TPSA) is 78.2 Å². The molecule has 0 aliphatic rings. The molecule has 2 heterocycles. The van der Waals surface area contributed by atoms with E-state index in [1.807, 2.05) is 30.5 Å². The van der Waals surface area contributed by atoms with Gasteiger partial charge in [0.15, 0.2) is 5.69 Å². The highest BCUT2D eigenvalue weighted by Gasteiger charge is 2.15. The molecule has 28 heavy (non-hydrogen) atoms. The first kappa shape index (κ1) is 17.8. The van der Waals surface area contributed by atoms with Crippen molar-refractivity contribution in [2.24, 2.45) is 7.05 Å². The summed E-state index contributed by atoms with van der Waals surface area (Å²) >= 11 is 0. The largest absolute Gasteiger partial charge is 0.496 e. The second-order valence-electron chi connectivity index (χ2n) is 6.48. The van der Waals surface area contributed by atoms with Crippen LogP contribution in [0.2, 0.25) is 0 Å². The highest BCUT2D eigenvalue weighted by Crippen LogP contribution is 2.26. The molecule has 1 amide bonds. The Balaban J connectivity index is 1.54. The van der Waals surface area contributed by atoms with Gasteiger partial charge in [0.1, 0.15) is 5.75 Å². The third-order valence-electron chi connectivity index (χ3n) is 4.80. The molecular weight excluding hydrogens is 356 g/mol. The van der Waals surface area contributed by atoms with Crippen LogP contribution in [0.25, 0.3) is 21.7 Å². The number of carbonyl (C=O) groups excluding carboxylic acids is 1. The molecule has 0 unspecified atom stereocenters. The zero-order chi connectivity index (χ0) is 19.7. The smallest absolute Gasteiger partial charge is 0.274 e. The Hall–Kier alpha value is -3.61. The Bertz CT molecular complexity index is 1240. The zero-order valence-corrected chi connectivity index (χ0v) is 15.7. The van der Waals surface area contributed by atoms with Crippen molar-refractivity contribution in [2.45, 2.75) is 6.54 Å². The highest BCUT2D eigenvalue weighted by atomic mass is 16.5. The molecule has 0 aliphatic heterocycles. The summed E-state index contributed by atoms with van der Waals surface area (Å²) in [5.41, 5.74) is 1.07. The van der Waals surface area contributed by atoms with Crippen LogP contribution in [-0.4, -0.2) is 33.9 Å². The van der Waals surface area contributed by atoms with Gasteiger partial charge in [-0.2, -0.15) is 5.10 Å². The molecule has 2 aromatic carbocycles. The first-order chi connectivity index (χ1) is 13.6. The molecular formula is C21H20N4O3. The van der Waals surface area contributed by atoms with Crippen LogP contribution in [0.4, 0.5) is 0 Å². The number of hydrogen-bond acceptors (Lipinski definition) is 4. The lowest BCUT2D eigenvalue weighted by atomic mass is 10.1. The van der Waals surface area contributed by atoms with Gasteiger partial charge in [0.2, 0.25) is 0 Å². The van der Waals surface area contributed by atoms with Gasteiger partial charge in [-0.25, -0.2) is 4.68 Å². The van der Waals surface area contributed by atoms with E-state index in [-0.39, 0.29) is 17.2 Å². The number of nitrogens with one attached hydrogen (secondary N) is 1. The molecule has 4 aromatic rings. The normalized spacial score (nSPS) is 11.1. The van der Waals surface area contributed by atoms with Gasteiger partial charge in [0.05, 0.1) is 18.0 Å².